The lowest BCUT2D eigenvalue weighted by Crippen LogP contribution is -2.29. The quantitative estimate of drug-likeness (QED) is 0.142. The van der Waals surface area contributed by atoms with E-state index in [2.05, 4.69) is 242 Å². The Bertz CT molecular complexity index is 2800. The van der Waals surface area contributed by atoms with Gasteiger partial charge in [0, 0.05) is 17.1 Å². The zero-order valence-electron chi connectivity index (χ0n) is 32.4. The molecule has 0 N–H and O–H groups in total. The van der Waals surface area contributed by atoms with Gasteiger partial charge in [0.1, 0.15) is 0 Å². The van der Waals surface area contributed by atoms with Crippen molar-refractivity contribution in [1.29, 1.82) is 0 Å². The number of rotatable bonds is 9. The van der Waals surface area contributed by atoms with Crippen molar-refractivity contribution in [3.8, 4) is 33.4 Å². The summed E-state index contributed by atoms with van der Waals surface area (Å²) in [7, 11) is 0. The first-order valence-corrected chi connectivity index (χ1v) is 20.3. The number of hydrogen-bond donors (Lipinski definition) is 0. The fraction of sp³-hybridized carbons (Fsp3) is 0.0526. The molecule has 0 bridgehead atoms. The van der Waals surface area contributed by atoms with E-state index in [1.165, 1.54) is 66.8 Å². The number of allylic oxidation sites excluding steroid dienone is 6. The van der Waals surface area contributed by atoms with E-state index in [4.69, 9.17) is 0 Å². The molecular formula is C57H43N. The number of nitrogens with zero attached hydrogens (tertiary/aromatic N) is 1. The van der Waals surface area contributed by atoms with Crippen LogP contribution in [-0.2, 0) is 11.8 Å². The molecule has 0 aromatic heterocycles. The molecule has 2 aliphatic carbocycles. The Balaban J connectivity index is 1.22. The molecule has 1 nitrogen and oxygen atoms in total. The molecule has 0 saturated heterocycles. The summed E-state index contributed by atoms with van der Waals surface area (Å²) in [5.41, 5.74) is 18.0. The van der Waals surface area contributed by atoms with Gasteiger partial charge in [0.25, 0.3) is 0 Å². The average molecular weight is 742 g/mol. The molecule has 1 atom stereocenters. The van der Waals surface area contributed by atoms with E-state index in [1.807, 2.05) is 0 Å². The summed E-state index contributed by atoms with van der Waals surface area (Å²) < 4.78 is 0. The Morgan fingerprint density at radius 2 is 1.03 bits per heavy atom. The Morgan fingerprint density at radius 1 is 0.448 bits per heavy atom. The van der Waals surface area contributed by atoms with E-state index in [0.717, 1.165) is 29.9 Å². The van der Waals surface area contributed by atoms with Gasteiger partial charge in [-0.1, -0.05) is 200 Å². The summed E-state index contributed by atoms with van der Waals surface area (Å²) in [6, 6.07) is 75.7. The minimum absolute atomic E-state index is 0.501. The van der Waals surface area contributed by atoms with Gasteiger partial charge in [-0.15, -0.1) is 0 Å². The molecule has 0 radical (unpaired) electrons. The van der Waals surface area contributed by atoms with Crippen molar-refractivity contribution in [2.24, 2.45) is 0 Å². The van der Waals surface area contributed by atoms with Gasteiger partial charge in [-0.2, -0.15) is 0 Å². The van der Waals surface area contributed by atoms with Crippen LogP contribution in [0.1, 0.15) is 34.2 Å². The molecule has 276 valence electrons. The van der Waals surface area contributed by atoms with Gasteiger partial charge in [-0.25, -0.2) is 0 Å². The first-order valence-electron chi connectivity index (χ1n) is 20.3. The standard InChI is InChI=1S/C57H43N/c1-2-14-26-48(25-13-1)57(49-27-15-6-16-28-49)54-30-18-17-29-52(54)53-37-36-51(41-55(53)57)58(50-34-31-45(32-35-50)43-21-9-4-10-22-43)56-38-33-46(44-23-11-5-12-24-44)40-47(56)39-42-19-7-3-8-20-42/h1-13,15-38,40-41H,14,39H2. The molecule has 8 aromatic rings. The average Bonchev–Trinajstić information content (AvgIpc) is 3.39. The van der Waals surface area contributed by atoms with Gasteiger partial charge in [-0.3, -0.25) is 0 Å². The molecule has 0 heterocycles. The molecular weight excluding hydrogens is 699 g/mol. The van der Waals surface area contributed by atoms with E-state index in [0.29, 0.717) is 0 Å². The third kappa shape index (κ3) is 6.32. The van der Waals surface area contributed by atoms with E-state index in [9.17, 15) is 0 Å². The molecule has 0 saturated carbocycles. The van der Waals surface area contributed by atoms with Gasteiger partial charge < -0.3 is 4.90 Å². The predicted molar refractivity (Wildman–Crippen MR) is 244 cm³/mol. The van der Waals surface area contributed by atoms with E-state index in [1.54, 1.807) is 0 Å². The molecule has 10 rings (SSSR count). The Hall–Kier alpha value is -7.22. The molecule has 2 aliphatic rings. The molecule has 0 fully saturated rings. The van der Waals surface area contributed by atoms with Crippen molar-refractivity contribution >= 4 is 17.1 Å². The first-order chi connectivity index (χ1) is 28.8. The minimum Gasteiger partial charge on any atom is -0.310 e. The van der Waals surface area contributed by atoms with Crippen LogP contribution in [0, 0.1) is 0 Å². The van der Waals surface area contributed by atoms with E-state index >= 15 is 0 Å². The van der Waals surface area contributed by atoms with Crippen LogP contribution in [-0.4, -0.2) is 0 Å². The maximum Gasteiger partial charge on any atom is 0.0711 e. The second-order valence-electron chi connectivity index (χ2n) is 15.2. The lowest BCUT2D eigenvalue weighted by molar-refractivity contribution is 0.763. The fourth-order valence-electron chi connectivity index (χ4n) is 9.17. The molecule has 0 aliphatic heterocycles. The highest BCUT2D eigenvalue weighted by atomic mass is 15.1. The zero-order valence-corrected chi connectivity index (χ0v) is 32.4. The Kier molecular flexibility index (Phi) is 9.33. The molecule has 0 amide bonds. The lowest BCUT2D eigenvalue weighted by atomic mass is 9.67. The van der Waals surface area contributed by atoms with Crippen LogP contribution in [0.15, 0.2) is 242 Å². The summed E-state index contributed by atoms with van der Waals surface area (Å²) in [5.74, 6) is 0. The molecule has 58 heavy (non-hydrogen) atoms. The Labute approximate surface area is 342 Å². The van der Waals surface area contributed by atoms with Gasteiger partial charge >= 0.3 is 0 Å². The normalized spacial score (nSPS) is 15.3. The first kappa shape index (κ1) is 35.2. The Morgan fingerprint density at radius 3 is 1.78 bits per heavy atom. The summed E-state index contributed by atoms with van der Waals surface area (Å²) in [4.78, 5) is 2.49. The second-order valence-corrected chi connectivity index (χ2v) is 15.2. The maximum absolute atomic E-state index is 2.49. The second kappa shape index (κ2) is 15.4. The predicted octanol–water partition coefficient (Wildman–Crippen LogP) is 14.8. The number of anilines is 3. The van der Waals surface area contributed by atoms with Crippen LogP contribution >= 0.6 is 0 Å². The molecule has 8 aromatic carbocycles. The summed E-state index contributed by atoms with van der Waals surface area (Å²) in [6.45, 7) is 0. The van der Waals surface area contributed by atoms with Crippen LogP contribution in [0.2, 0.25) is 0 Å². The summed E-state index contributed by atoms with van der Waals surface area (Å²) in [5, 5.41) is 0. The van der Waals surface area contributed by atoms with Crippen LogP contribution < -0.4 is 4.90 Å². The highest BCUT2D eigenvalue weighted by molar-refractivity contribution is 5.90. The van der Waals surface area contributed by atoms with Crippen molar-refractivity contribution in [1.82, 2.24) is 0 Å². The van der Waals surface area contributed by atoms with Crippen LogP contribution in [0.4, 0.5) is 17.1 Å². The lowest BCUT2D eigenvalue weighted by Gasteiger charge is -2.36. The van der Waals surface area contributed by atoms with Gasteiger partial charge in [-0.05, 0) is 116 Å². The van der Waals surface area contributed by atoms with E-state index < -0.39 is 5.41 Å². The van der Waals surface area contributed by atoms with Gasteiger partial charge in [0.2, 0.25) is 0 Å². The number of hydrogen-bond acceptors (Lipinski definition) is 1. The summed E-state index contributed by atoms with van der Waals surface area (Å²) >= 11 is 0. The maximum atomic E-state index is 2.49. The number of fused-ring (bicyclic) bond motifs is 3. The van der Waals surface area contributed by atoms with Crippen LogP contribution in [0.5, 0.6) is 0 Å². The topological polar surface area (TPSA) is 3.24 Å². The van der Waals surface area contributed by atoms with Crippen LogP contribution in [0.3, 0.4) is 0 Å². The number of benzene rings is 8. The largest absolute Gasteiger partial charge is 0.310 e. The monoisotopic (exact) mass is 741 g/mol. The van der Waals surface area contributed by atoms with Gasteiger partial charge in [0.05, 0.1) is 5.41 Å². The van der Waals surface area contributed by atoms with E-state index in [-0.39, 0.29) is 0 Å². The third-order valence-corrected chi connectivity index (χ3v) is 11.8. The van der Waals surface area contributed by atoms with Crippen molar-refractivity contribution in [2.45, 2.75) is 18.3 Å². The molecule has 0 spiro atoms. The summed E-state index contributed by atoms with van der Waals surface area (Å²) in [6.07, 6.45) is 13.1. The molecule has 1 unspecified atom stereocenters. The zero-order chi connectivity index (χ0) is 38.7. The van der Waals surface area contributed by atoms with Crippen molar-refractivity contribution in [3.05, 3.63) is 270 Å². The SMILES string of the molecule is C1=CCC=C(C2(c3ccccc3)c3ccccc3-c3ccc(N(c4ccc(-c5ccccc5)cc4)c4ccc(-c5ccccc5)cc4Cc4ccccc4)cc32)C=C1. The minimum atomic E-state index is -0.501. The molecule has 1 heteroatoms. The highest BCUT2D eigenvalue weighted by Gasteiger charge is 2.47. The van der Waals surface area contributed by atoms with Crippen molar-refractivity contribution in [3.63, 3.8) is 0 Å². The third-order valence-electron chi connectivity index (χ3n) is 11.8. The van der Waals surface area contributed by atoms with Crippen molar-refractivity contribution in [2.75, 3.05) is 4.90 Å². The fourth-order valence-corrected chi connectivity index (χ4v) is 9.17. The van der Waals surface area contributed by atoms with Crippen LogP contribution in [0.25, 0.3) is 33.4 Å². The van der Waals surface area contributed by atoms with Crippen molar-refractivity contribution < 1.29 is 0 Å². The van der Waals surface area contributed by atoms with Gasteiger partial charge in [0.15, 0.2) is 0 Å². The highest BCUT2D eigenvalue weighted by Crippen LogP contribution is 2.58. The smallest absolute Gasteiger partial charge is 0.0711 e.